The van der Waals surface area contributed by atoms with Crippen molar-refractivity contribution in [1.29, 1.82) is 0 Å². The van der Waals surface area contributed by atoms with Crippen LogP contribution >= 0.6 is 0 Å². The summed E-state index contributed by atoms with van der Waals surface area (Å²) in [4.78, 5) is 30.1. The second kappa shape index (κ2) is 13.4. The predicted molar refractivity (Wildman–Crippen MR) is 149 cm³/mol. The quantitative estimate of drug-likeness (QED) is 0.590. The smallest absolute Gasteiger partial charge is 0.265 e. The van der Waals surface area contributed by atoms with Gasteiger partial charge in [-0.3, -0.25) is 14.5 Å². The molecule has 0 bridgehead atoms. The molecule has 1 N–H and O–H groups in total. The number of nitrogens with one attached hydrogen (secondary N) is 1. The Hall–Kier alpha value is -2.95. The fraction of sp³-hybridized carbons (Fsp3) is 0.517. The molecule has 212 valence electrons. The van der Waals surface area contributed by atoms with Crippen molar-refractivity contribution in [2.45, 2.75) is 69.4 Å². The first-order chi connectivity index (χ1) is 18.8. The van der Waals surface area contributed by atoms with E-state index in [4.69, 9.17) is 9.47 Å². The molecule has 0 saturated carbocycles. The van der Waals surface area contributed by atoms with Crippen LogP contribution in [0.5, 0.6) is 5.75 Å². The van der Waals surface area contributed by atoms with Crippen molar-refractivity contribution in [1.82, 2.24) is 9.62 Å². The number of rotatable bonds is 5. The van der Waals surface area contributed by atoms with Crippen molar-refractivity contribution in [2.75, 3.05) is 38.3 Å². The summed E-state index contributed by atoms with van der Waals surface area (Å²) in [5.74, 6) is -0.249. The van der Waals surface area contributed by atoms with Crippen LogP contribution in [-0.4, -0.2) is 64.6 Å². The summed E-state index contributed by atoms with van der Waals surface area (Å²) in [6, 6.07) is 11.3. The molecular formula is C29H39N3O6S. The average Bonchev–Trinajstić information content (AvgIpc) is 2.93. The van der Waals surface area contributed by atoms with E-state index in [0.717, 1.165) is 76.0 Å². The largest absolute Gasteiger partial charge is 0.497 e. The summed E-state index contributed by atoms with van der Waals surface area (Å²) < 4.78 is 38.7. The van der Waals surface area contributed by atoms with Gasteiger partial charge in [-0.1, -0.05) is 19.3 Å². The van der Waals surface area contributed by atoms with Gasteiger partial charge in [0.2, 0.25) is 5.91 Å². The SMILES string of the molecule is COc1ccc(S(=O)(=O)NC(=O)c2ccc3c(c2)CN(C2CCOCC2)CCCCCCCN3C(C)=O)cc1. The second-order valence-electron chi connectivity index (χ2n) is 10.2. The molecule has 0 aromatic heterocycles. The maximum atomic E-state index is 13.2. The van der Waals surface area contributed by atoms with E-state index < -0.39 is 15.9 Å². The van der Waals surface area contributed by atoms with E-state index in [9.17, 15) is 18.0 Å². The van der Waals surface area contributed by atoms with Crippen molar-refractivity contribution in [3.63, 3.8) is 0 Å². The van der Waals surface area contributed by atoms with Crippen LogP contribution in [0.25, 0.3) is 0 Å². The van der Waals surface area contributed by atoms with Crippen molar-refractivity contribution >= 4 is 27.5 Å². The third-order valence-electron chi connectivity index (χ3n) is 7.52. The fourth-order valence-electron chi connectivity index (χ4n) is 5.33. The second-order valence-corrected chi connectivity index (χ2v) is 11.9. The summed E-state index contributed by atoms with van der Waals surface area (Å²) in [6.45, 7) is 5.10. The first-order valence-corrected chi connectivity index (χ1v) is 15.2. The van der Waals surface area contributed by atoms with Crippen molar-refractivity contribution < 1.29 is 27.5 Å². The Labute approximate surface area is 231 Å². The number of fused-ring (bicyclic) bond motifs is 1. The third-order valence-corrected chi connectivity index (χ3v) is 8.86. The lowest BCUT2D eigenvalue weighted by molar-refractivity contribution is -0.116. The molecule has 9 nitrogen and oxygen atoms in total. The Balaban J connectivity index is 1.65. The van der Waals surface area contributed by atoms with E-state index in [2.05, 4.69) is 9.62 Å². The lowest BCUT2D eigenvalue weighted by Gasteiger charge is -2.36. The average molecular weight is 558 g/mol. The first kappa shape index (κ1) is 29.0. The molecule has 2 aliphatic heterocycles. The molecule has 0 atom stereocenters. The predicted octanol–water partition coefficient (Wildman–Crippen LogP) is 4.11. The zero-order valence-corrected chi connectivity index (χ0v) is 23.7. The van der Waals surface area contributed by atoms with Crippen LogP contribution in [0.1, 0.15) is 67.8 Å². The number of methoxy groups -OCH3 is 1. The van der Waals surface area contributed by atoms with E-state index in [1.165, 1.54) is 31.4 Å². The zero-order chi connectivity index (χ0) is 27.8. The minimum atomic E-state index is -4.08. The highest BCUT2D eigenvalue weighted by Crippen LogP contribution is 2.28. The van der Waals surface area contributed by atoms with Gasteiger partial charge in [-0.05, 0) is 80.3 Å². The van der Waals surface area contributed by atoms with E-state index in [0.29, 0.717) is 24.9 Å². The summed E-state index contributed by atoms with van der Waals surface area (Å²) in [6.07, 6.45) is 7.20. The molecule has 0 unspecified atom stereocenters. The van der Waals surface area contributed by atoms with Crippen molar-refractivity contribution in [2.24, 2.45) is 0 Å². The molecule has 0 spiro atoms. The van der Waals surface area contributed by atoms with Crippen molar-refractivity contribution in [3.8, 4) is 5.75 Å². The van der Waals surface area contributed by atoms with Crippen LogP contribution in [0.15, 0.2) is 47.4 Å². The lowest BCUT2D eigenvalue weighted by atomic mass is 10.0. The molecule has 39 heavy (non-hydrogen) atoms. The number of hydrogen-bond donors (Lipinski definition) is 1. The van der Waals surface area contributed by atoms with Crippen molar-refractivity contribution in [3.05, 3.63) is 53.6 Å². The number of hydrogen-bond acceptors (Lipinski definition) is 7. The highest BCUT2D eigenvalue weighted by Gasteiger charge is 2.26. The number of anilines is 1. The van der Waals surface area contributed by atoms with Crippen LogP contribution in [-0.2, 0) is 26.1 Å². The van der Waals surface area contributed by atoms with E-state index >= 15 is 0 Å². The topological polar surface area (TPSA) is 105 Å². The fourth-order valence-corrected chi connectivity index (χ4v) is 6.31. The minimum absolute atomic E-state index is 0.0311. The van der Waals surface area contributed by atoms with Gasteiger partial charge in [0.05, 0.1) is 12.0 Å². The van der Waals surface area contributed by atoms with E-state index in [-0.39, 0.29) is 16.4 Å². The molecule has 0 aliphatic carbocycles. The summed E-state index contributed by atoms with van der Waals surface area (Å²) >= 11 is 0. The monoisotopic (exact) mass is 557 g/mol. The Bertz CT molecular complexity index is 1240. The van der Waals surface area contributed by atoms with Crippen LogP contribution in [0.2, 0.25) is 0 Å². The van der Waals surface area contributed by atoms with Crippen LogP contribution < -0.4 is 14.4 Å². The number of carbonyl (C=O) groups excluding carboxylic acids is 2. The number of ether oxygens (including phenoxy) is 2. The van der Waals surface area contributed by atoms with Gasteiger partial charge >= 0.3 is 0 Å². The Morgan fingerprint density at radius 3 is 2.28 bits per heavy atom. The summed E-state index contributed by atoms with van der Waals surface area (Å²) in [5, 5.41) is 0. The molecular weight excluding hydrogens is 518 g/mol. The minimum Gasteiger partial charge on any atom is -0.497 e. The van der Waals surface area contributed by atoms with Gasteiger partial charge in [0.15, 0.2) is 0 Å². The number of carbonyl (C=O) groups is 2. The molecule has 2 heterocycles. The maximum absolute atomic E-state index is 13.2. The zero-order valence-electron chi connectivity index (χ0n) is 22.9. The number of nitrogens with zero attached hydrogens (tertiary/aromatic N) is 2. The van der Waals surface area contributed by atoms with Gasteiger partial charge in [0.1, 0.15) is 5.75 Å². The van der Waals surface area contributed by atoms with Crippen LogP contribution in [0.4, 0.5) is 5.69 Å². The molecule has 2 aliphatic rings. The molecule has 2 aromatic carbocycles. The molecule has 1 saturated heterocycles. The van der Waals surface area contributed by atoms with Crippen LogP contribution in [0.3, 0.4) is 0 Å². The highest BCUT2D eigenvalue weighted by molar-refractivity contribution is 7.90. The normalized spacial score (nSPS) is 18.4. The Morgan fingerprint density at radius 2 is 1.62 bits per heavy atom. The maximum Gasteiger partial charge on any atom is 0.265 e. The number of sulfonamides is 1. The summed E-state index contributed by atoms with van der Waals surface area (Å²) in [7, 11) is -2.59. The van der Waals surface area contributed by atoms with E-state index in [1.54, 1.807) is 30.0 Å². The molecule has 4 rings (SSSR count). The molecule has 1 fully saturated rings. The van der Waals surface area contributed by atoms with Gasteiger partial charge in [0, 0.05) is 50.5 Å². The lowest BCUT2D eigenvalue weighted by Crippen LogP contribution is -2.40. The molecule has 2 aromatic rings. The molecule has 10 heteroatoms. The van der Waals surface area contributed by atoms with E-state index in [1.807, 2.05) is 0 Å². The standard InChI is InChI=1S/C29H39N3O6S/c1-22(33)32-17-7-5-3-4-6-16-31(25-14-18-38-19-15-25)21-24-20-23(8-13-28(24)32)29(34)30-39(35,36)27-11-9-26(37-2)10-12-27/h8-13,20,25H,3-7,14-19,21H2,1-2H3,(H,30,34). The first-order valence-electron chi connectivity index (χ1n) is 13.7. The van der Waals surface area contributed by atoms with Gasteiger partial charge in [0.25, 0.3) is 15.9 Å². The van der Waals surface area contributed by atoms with Gasteiger partial charge < -0.3 is 14.4 Å². The van der Waals surface area contributed by atoms with Crippen LogP contribution in [0, 0.1) is 0 Å². The van der Waals surface area contributed by atoms with Gasteiger partial charge in [-0.2, -0.15) is 0 Å². The van der Waals surface area contributed by atoms with Gasteiger partial charge in [-0.15, -0.1) is 0 Å². The summed E-state index contributed by atoms with van der Waals surface area (Å²) in [5.41, 5.74) is 1.84. The van der Waals surface area contributed by atoms with Gasteiger partial charge in [-0.25, -0.2) is 13.1 Å². The number of amides is 2. The third kappa shape index (κ3) is 7.58. The molecule has 0 radical (unpaired) electrons. The Morgan fingerprint density at radius 1 is 0.949 bits per heavy atom. The highest BCUT2D eigenvalue weighted by atomic mass is 32.2. The Kier molecular flexibility index (Phi) is 9.99. The number of benzene rings is 2. The molecule has 2 amide bonds.